The van der Waals surface area contributed by atoms with Crippen LogP contribution in [-0.2, 0) is 14.3 Å². The highest BCUT2D eigenvalue weighted by Crippen LogP contribution is 2.24. The molecule has 26 heavy (non-hydrogen) atoms. The lowest BCUT2D eigenvalue weighted by molar-refractivity contribution is -0.149. The van der Waals surface area contributed by atoms with Gasteiger partial charge in [-0.1, -0.05) is 52.7 Å². The highest BCUT2D eigenvalue weighted by molar-refractivity contribution is 5.85. The van der Waals surface area contributed by atoms with Crippen LogP contribution in [0.5, 0.6) is 0 Å². The maximum atomic E-state index is 12.6. The minimum Gasteiger partial charge on any atom is -0.469 e. The first-order chi connectivity index (χ1) is 12.0. The number of hydrogen-bond donors (Lipinski definition) is 2. The summed E-state index contributed by atoms with van der Waals surface area (Å²) in [6.07, 6.45) is 1.88. The molecule has 5 nitrogen and oxygen atoms in total. The van der Waals surface area contributed by atoms with Gasteiger partial charge in [0.1, 0.15) is 5.78 Å². The topological polar surface area (TPSA) is 83.8 Å². The fraction of sp³-hybridized carbons (Fsp3) is 0.810. The molecule has 0 unspecified atom stereocenters. The molecule has 152 valence electrons. The number of aliphatic hydroxyl groups excluding tert-OH is 2. The predicted molar refractivity (Wildman–Crippen MR) is 104 cm³/mol. The number of hydrogen-bond acceptors (Lipinski definition) is 5. The number of carbonyl (C=O) groups is 2. The normalized spacial score (nSPS) is 20.5. The summed E-state index contributed by atoms with van der Waals surface area (Å²) in [5.41, 5.74) is 0.986. The van der Waals surface area contributed by atoms with Crippen molar-refractivity contribution in [3.05, 3.63) is 11.6 Å². The molecule has 0 aromatic carbocycles. The quantitative estimate of drug-likeness (QED) is 0.430. The van der Waals surface area contributed by atoms with Crippen molar-refractivity contribution in [2.45, 2.75) is 73.5 Å². The first-order valence-corrected chi connectivity index (χ1v) is 9.62. The van der Waals surface area contributed by atoms with Crippen LogP contribution in [-0.4, -0.2) is 41.3 Å². The third kappa shape index (κ3) is 7.20. The average Bonchev–Trinajstić information content (AvgIpc) is 2.62. The van der Waals surface area contributed by atoms with E-state index >= 15 is 0 Å². The molecule has 0 aliphatic heterocycles. The van der Waals surface area contributed by atoms with Crippen molar-refractivity contribution in [1.82, 2.24) is 0 Å². The Labute approximate surface area is 158 Å². The van der Waals surface area contributed by atoms with Crippen molar-refractivity contribution in [1.29, 1.82) is 0 Å². The Morgan fingerprint density at radius 1 is 0.962 bits per heavy atom. The van der Waals surface area contributed by atoms with Crippen LogP contribution in [0.4, 0.5) is 0 Å². The molecule has 0 heterocycles. The molecule has 0 rings (SSSR count). The standard InChI is InChI=1S/C21H38O5/c1-9-13(3)18(22)16(6)19(23)14(4)10-12(2)11-15(5)20(24)17(7)21(25)26-8/h10,13-18,20,22,24H,9,11H2,1-8H3/b12-10+/t13-,14-,15+,16+,17+,18-,20+/m0/s1. The first-order valence-electron chi connectivity index (χ1n) is 9.62. The number of allylic oxidation sites excluding steroid dienone is 2. The molecule has 5 heteroatoms. The molecule has 0 aromatic heterocycles. The van der Waals surface area contributed by atoms with E-state index in [4.69, 9.17) is 0 Å². The summed E-state index contributed by atoms with van der Waals surface area (Å²) < 4.78 is 4.68. The van der Waals surface area contributed by atoms with Crippen LogP contribution >= 0.6 is 0 Å². The summed E-state index contributed by atoms with van der Waals surface area (Å²) in [5.74, 6) is -1.76. The second-order valence-electron chi connectivity index (χ2n) is 7.85. The van der Waals surface area contributed by atoms with Crippen molar-refractivity contribution in [3.8, 4) is 0 Å². The van der Waals surface area contributed by atoms with Crippen LogP contribution in [0.25, 0.3) is 0 Å². The molecule has 0 aromatic rings. The Kier molecular flexibility index (Phi) is 11.0. The Morgan fingerprint density at radius 3 is 1.92 bits per heavy atom. The molecule has 0 fully saturated rings. The van der Waals surface area contributed by atoms with E-state index in [-0.39, 0.29) is 23.5 Å². The maximum Gasteiger partial charge on any atom is 0.311 e. The van der Waals surface area contributed by atoms with Crippen LogP contribution in [0.1, 0.15) is 61.3 Å². The van der Waals surface area contributed by atoms with Crippen molar-refractivity contribution in [2.24, 2.45) is 29.6 Å². The number of methoxy groups -OCH3 is 1. The van der Waals surface area contributed by atoms with Crippen molar-refractivity contribution in [2.75, 3.05) is 7.11 Å². The van der Waals surface area contributed by atoms with Gasteiger partial charge in [0.05, 0.1) is 25.2 Å². The second-order valence-corrected chi connectivity index (χ2v) is 7.85. The third-order valence-electron chi connectivity index (χ3n) is 5.48. The molecule has 0 aliphatic carbocycles. The number of rotatable bonds is 11. The van der Waals surface area contributed by atoms with E-state index in [1.807, 2.05) is 40.7 Å². The zero-order valence-electron chi connectivity index (χ0n) is 17.7. The number of ether oxygens (including phenoxy) is 1. The number of esters is 1. The van der Waals surface area contributed by atoms with Crippen LogP contribution in [0.2, 0.25) is 0 Å². The van der Waals surface area contributed by atoms with E-state index in [0.717, 1.165) is 12.0 Å². The summed E-state index contributed by atoms with van der Waals surface area (Å²) in [7, 11) is 1.31. The SMILES string of the molecule is CC[C@H](C)[C@H](O)[C@@H](C)C(=O)[C@@H](C)/C=C(\C)C[C@@H](C)[C@@H](O)[C@@H](C)C(=O)OC. The Bertz CT molecular complexity index is 485. The van der Waals surface area contributed by atoms with Gasteiger partial charge in [0.15, 0.2) is 0 Å². The minimum absolute atomic E-state index is 0.0216. The van der Waals surface area contributed by atoms with E-state index in [2.05, 4.69) is 4.74 Å². The summed E-state index contributed by atoms with van der Waals surface area (Å²) in [6.45, 7) is 13.0. The lowest BCUT2D eigenvalue weighted by atomic mass is 9.83. The fourth-order valence-electron chi connectivity index (χ4n) is 3.34. The molecule has 0 aliphatic rings. The van der Waals surface area contributed by atoms with Gasteiger partial charge in [0.2, 0.25) is 0 Å². The van der Waals surface area contributed by atoms with Crippen LogP contribution in [0, 0.1) is 29.6 Å². The summed E-state index contributed by atoms with van der Waals surface area (Å²) >= 11 is 0. The summed E-state index contributed by atoms with van der Waals surface area (Å²) in [4.78, 5) is 24.1. The average molecular weight is 371 g/mol. The van der Waals surface area contributed by atoms with Crippen molar-refractivity contribution >= 4 is 11.8 Å². The molecule has 0 bridgehead atoms. The van der Waals surface area contributed by atoms with E-state index in [1.54, 1.807) is 13.8 Å². The molecule has 7 atom stereocenters. The highest BCUT2D eigenvalue weighted by Gasteiger charge is 2.29. The van der Waals surface area contributed by atoms with Gasteiger partial charge >= 0.3 is 5.97 Å². The maximum absolute atomic E-state index is 12.6. The van der Waals surface area contributed by atoms with Gasteiger partial charge in [-0.25, -0.2) is 0 Å². The highest BCUT2D eigenvalue weighted by atomic mass is 16.5. The lowest BCUT2D eigenvalue weighted by Gasteiger charge is -2.25. The number of Topliss-reactive ketones (excluding diaryl/α,β-unsaturated/α-hetero) is 1. The third-order valence-corrected chi connectivity index (χ3v) is 5.48. The molecule has 0 amide bonds. The molecule has 0 saturated carbocycles. The Morgan fingerprint density at radius 2 is 1.46 bits per heavy atom. The molecule has 0 saturated heterocycles. The van der Waals surface area contributed by atoms with Gasteiger partial charge in [-0.15, -0.1) is 0 Å². The zero-order chi connectivity index (χ0) is 20.6. The van der Waals surface area contributed by atoms with Crippen molar-refractivity contribution in [3.63, 3.8) is 0 Å². The van der Waals surface area contributed by atoms with Crippen LogP contribution in [0.3, 0.4) is 0 Å². The molecular weight excluding hydrogens is 332 g/mol. The minimum atomic E-state index is -0.803. The summed E-state index contributed by atoms with van der Waals surface area (Å²) in [5, 5.41) is 20.6. The van der Waals surface area contributed by atoms with E-state index in [1.165, 1.54) is 7.11 Å². The summed E-state index contributed by atoms with van der Waals surface area (Å²) in [6, 6.07) is 0. The Hall–Kier alpha value is -1.20. The monoisotopic (exact) mass is 370 g/mol. The van der Waals surface area contributed by atoms with Gasteiger partial charge in [-0.05, 0) is 32.1 Å². The van der Waals surface area contributed by atoms with E-state index in [0.29, 0.717) is 6.42 Å². The van der Waals surface area contributed by atoms with Gasteiger partial charge in [0, 0.05) is 11.8 Å². The van der Waals surface area contributed by atoms with Gasteiger partial charge in [0.25, 0.3) is 0 Å². The van der Waals surface area contributed by atoms with Crippen LogP contribution in [0.15, 0.2) is 11.6 Å². The first kappa shape index (κ1) is 24.8. The molecule has 0 radical (unpaired) electrons. The molecule has 0 spiro atoms. The van der Waals surface area contributed by atoms with E-state index < -0.39 is 30.0 Å². The lowest BCUT2D eigenvalue weighted by Crippen LogP contribution is -2.34. The second kappa shape index (κ2) is 11.5. The molecule has 2 N–H and O–H groups in total. The predicted octanol–water partition coefficient (Wildman–Crippen LogP) is 3.38. The van der Waals surface area contributed by atoms with Crippen LogP contribution < -0.4 is 0 Å². The van der Waals surface area contributed by atoms with Gasteiger partial charge < -0.3 is 14.9 Å². The fourth-order valence-corrected chi connectivity index (χ4v) is 3.34. The largest absolute Gasteiger partial charge is 0.469 e. The van der Waals surface area contributed by atoms with Crippen molar-refractivity contribution < 1.29 is 24.5 Å². The van der Waals surface area contributed by atoms with Gasteiger partial charge in [-0.3, -0.25) is 9.59 Å². The number of ketones is 1. The number of carbonyl (C=O) groups excluding carboxylic acids is 2. The molecular formula is C21H38O5. The smallest absolute Gasteiger partial charge is 0.311 e. The number of aliphatic hydroxyl groups is 2. The van der Waals surface area contributed by atoms with Gasteiger partial charge in [-0.2, -0.15) is 0 Å². The van der Waals surface area contributed by atoms with E-state index in [9.17, 15) is 19.8 Å². The Balaban J connectivity index is 4.88. The zero-order valence-corrected chi connectivity index (χ0v) is 17.7.